The number of hydrogen-bond acceptors (Lipinski definition) is 3. The molecule has 1 unspecified atom stereocenters. The minimum Gasteiger partial charge on any atom is -0.350 e. The zero-order valence-electron chi connectivity index (χ0n) is 13.0. The number of piperidine rings is 1. The highest BCUT2D eigenvalue weighted by Gasteiger charge is 2.25. The summed E-state index contributed by atoms with van der Waals surface area (Å²) in [4.78, 5) is 14.5. The van der Waals surface area contributed by atoms with Crippen molar-refractivity contribution in [2.24, 2.45) is 5.92 Å². The third-order valence-electron chi connectivity index (χ3n) is 4.18. The molecule has 0 aliphatic carbocycles. The molecule has 0 radical (unpaired) electrons. The Kier molecular flexibility index (Phi) is 5.02. The molecule has 0 spiro atoms. The smallest absolute Gasteiger partial charge is 0.224 e. The summed E-state index contributed by atoms with van der Waals surface area (Å²) in [6, 6.07) is 8.50. The van der Waals surface area contributed by atoms with E-state index in [0.29, 0.717) is 19.6 Å². The molecule has 3 rings (SSSR count). The number of halogens is 1. The van der Waals surface area contributed by atoms with E-state index in [4.69, 9.17) is 0 Å². The van der Waals surface area contributed by atoms with Crippen molar-refractivity contribution in [3.63, 3.8) is 0 Å². The van der Waals surface area contributed by atoms with Crippen molar-refractivity contribution in [1.29, 1.82) is 0 Å². The molecule has 2 heterocycles. The predicted molar refractivity (Wildman–Crippen MR) is 84.8 cm³/mol. The number of aromatic amines is 1. The molecule has 1 aromatic heterocycles. The van der Waals surface area contributed by atoms with Crippen LogP contribution in [-0.4, -0.2) is 34.1 Å². The molecule has 6 heteroatoms. The highest BCUT2D eigenvalue weighted by molar-refractivity contribution is 5.78. The van der Waals surface area contributed by atoms with E-state index in [9.17, 15) is 9.18 Å². The van der Waals surface area contributed by atoms with Gasteiger partial charge in [0.2, 0.25) is 5.91 Å². The van der Waals surface area contributed by atoms with Crippen LogP contribution >= 0.6 is 0 Å². The lowest BCUT2D eigenvalue weighted by Crippen LogP contribution is -2.42. The second-order valence-electron chi connectivity index (χ2n) is 6.00. The first-order valence-corrected chi connectivity index (χ1v) is 7.93. The minimum absolute atomic E-state index is 0.0137. The van der Waals surface area contributed by atoms with Crippen LogP contribution in [0.2, 0.25) is 0 Å². The molecule has 1 fully saturated rings. The Balaban J connectivity index is 1.52. The molecule has 23 heavy (non-hydrogen) atoms. The summed E-state index contributed by atoms with van der Waals surface area (Å²) in [6.07, 6.45) is 3.55. The normalized spacial score (nSPS) is 18.7. The number of rotatable bonds is 5. The van der Waals surface area contributed by atoms with Gasteiger partial charge in [-0.1, -0.05) is 12.1 Å². The molecule has 0 bridgehead atoms. The lowest BCUT2D eigenvalue weighted by molar-refractivity contribution is -0.127. The summed E-state index contributed by atoms with van der Waals surface area (Å²) < 4.78 is 13.3. The van der Waals surface area contributed by atoms with Crippen LogP contribution in [0.3, 0.4) is 0 Å². The number of carbonyl (C=O) groups excluding carboxylic acids is 1. The van der Waals surface area contributed by atoms with E-state index in [1.165, 1.54) is 6.07 Å². The molecule has 0 saturated carbocycles. The molecule has 5 nitrogen and oxygen atoms in total. The average Bonchev–Trinajstić information content (AvgIpc) is 3.06. The largest absolute Gasteiger partial charge is 0.350 e. The van der Waals surface area contributed by atoms with Gasteiger partial charge in [0.05, 0.1) is 18.2 Å². The van der Waals surface area contributed by atoms with Crippen molar-refractivity contribution in [1.82, 2.24) is 20.4 Å². The maximum Gasteiger partial charge on any atom is 0.224 e. The van der Waals surface area contributed by atoms with Crippen molar-refractivity contribution >= 4 is 5.91 Å². The summed E-state index contributed by atoms with van der Waals surface area (Å²) in [5.74, 6) is -0.155. The summed E-state index contributed by atoms with van der Waals surface area (Å²) in [7, 11) is 0. The van der Waals surface area contributed by atoms with Gasteiger partial charge in [-0.15, -0.1) is 0 Å². The monoisotopic (exact) mass is 316 g/mol. The molecule has 122 valence electrons. The first-order valence-electron chi connectivity index (χ1n) is 7.93. The maximum absolute atomic E-state index is 13.3. The zero-order valence-corrected chi connectivity index (χ0v) is 13.0. The Morgan fingerprint density at radius 2 is 2.35 bits per heavy atom. The lowest BCUT2D eigenvalue weighted by atomic mass is 9.96. The van der Waals surface area contributed by atoms with E-state index in [1.54, 1.807) is 18.3 Å². The third kappa shape index (κ3) is 4.39. The van der Waals surface area contributed by atoms with Gasteiger partial charge in [0, 0.05) is 19.3 Å². The van der Waals surface area contributed by atoms with Crippen LogP contribution in [-0.2, 0) is 17.9 Å². The number of amides is 1. The first-order chi connectivity index (χ1) is 11.2. The van der Waals surface area contributed by atoms with Gasteiger partial charge in [0.1, 0.15) is 5.82 Å². The van der Waals surface area contributed by atoms with Crippen LogP contribution in [0.1, 0.15) is 24.1 Å². The number of likely N-dealkylation sites (tertiary alicyclic amines) is 1. The Labute approximate surface area is 134 Å². The third-order valence-corrected chi connectivity index (χ3v) is 4.18. The summed E-state index contributed by atoms with van der Waals surface area (Å²) in [5.41, 5.74) is 1.84. The number of hydrogen-bond donors (Lipinski definition) is 2. The standard InChI is InChI=1S/C17H21FN4O/c18-15-5-1-3-13(9-15)11-22-8-2-4-14(12-22)17(23)19-10-16-6-7-20-21-16/h1,3,5-7,9,14H,2,4,8,10-12H2,(H,19,23)(H,20,21). The van der Waals surface area contributed by atoms with Crippen molar-refractivity contribution in [3.05, 3.63) is 53.6 Å². The fourth-order valence-corrected chi connectivity index (χ4v) is 3.02. The van der Waals surface area contributed by atoms with Gasteiger partial charge < -0.3 is 5.32 Å². The fourth-order valence-electron chi connectivity index (χ4n) is 3.02. The first kappa shape index (κ1) is 15.7. The van der Waals surface area contributed by atoms with E-state index in [-0.39, 0.29) is 17.6 Å². The van der Waals surface area contributed by atoms with Crippen molar-refractivity contribution in [3.8, 4) is 0 Å². The van der Waals surface area contributed by atoms with Gasteiger partial charge in [0.25, 0.3) is 0 Å². The van der Waals surface area contributed by atoms with Crippen LogP contribution in [0.4, 0.5) is 4.39 Å². The van der Waals surface area contributed by atoms with Gasteiger partial charge >= 0.3 is 0 Å². The Morgan fingerprint density at radius 1 is 1.43 bits per heavy atom. The molecule has 1 saturated heterocycles. The average molecular weight is 316 g/mol. The van der Waals surface area contributed by atoms with Crippen LogP contribution in [0.15, 0.2) is 36.5 Å². The zero-order chi connectivity index (χ0) is 16.1. The van der Waals surface area contributed by atoms with Gasteiger partial charge in [-0.05, 0) is 43.1 Å². The van der Waals surface area contributed by atoms with Crippen LogP contribution in [0.5, 0.6) is 0 Å². The summed E-state index contributed by atoms with van der Waals surface area (Å²) in [6.45, 7) is 2.81. The number of H-pyrrole nitrogens is 1. The molecular formula is C17H21FN4O. The Hall–Kier alpha value is -2.21. The molecule has 1 amide bonds. The quantitative estimate of drug-likeness (QED) is 0.888. The number of benzene rings is 1. The van der Waals surface area contributed by atoms with Crippen molar-refractivity contribution in [2.75, 3.05) is 13.1 Å². The van der Waals surface area contributed by atoms with Crippen LogP contribution in [0, 0.1) is 11.7 Å². The maximum atomic E-state index is 13.3. The van der Waals surface area contributed by atoms with Gasteiger partial charge in [-0.2, -0.15) is 5.10 Å². The highest BCUT2D eigenvalue weighted by Crippen LogP contribution is 2.19. The van der Waals surface area contributed by atoms with E-state index in [1.807, 2.05) is 12.1 Å². The van der Waals surface area contributed by atoms with Crippen molar-refractivity contribution < 1.29 is 9.18 Å². The van der Waals surface area contributed by atoms with Crippen molar-refractivity contribution in [2.45, 2.75) is 25.9 Å². The molecule has 2 aromatic rings. The lowest BCUT2D eigenvalue weighted by Gasteiger charge is -2.32. The second kappa shape index (κ2) is 7.37. The van der Waals surface area contributed by atoms with Crippen LogP contribution in [0.25, 0.3) is 0 Å². The predicted octanol–water partition coefficient (Wildman–Crippen LogP) is 2.08. The molecule has 1 aliphatic rings. The molecule has 1 atom stereocenters. The fraction of sp³-hybridized carbons (Fsp3) is 0.412. The van der Waals surface area contributed by atoms with E-state index in [0.717, 1.165) is 30.6 Å². The second-order valence-corrected chi connectivity index (χ2v) is 6.00. The topological polar surface area (TPSA) is 61.0 Å². The number of nitrogens with one attached hydrogen (secondary N) is 2. The van der Waals surface area contributed by atoms with E-state index < -0.39 is 0 Å². The number of nitrogens with zero attached hydrogens (tertiary/aromatic N) is 2. The summed E-state index contributed by atoms with van der Waals surface area (Å²) in [5, 5.41) is 9.65. The summed E-state index contributed by atoms with van der Waals surface area (Å²) >= 11 is 0. The SMILES string of the molecule is O=C(NCc1ccn[nH]1)C1CCCN(Cc2cccc(F)c2)C1. The molecule has 1 aliphatic heterocycles. The van der Waals surface area contributed by atoms with E-state index in [2.05, 4.69) is 20.4 Å². The minimum atomic E-state index is -0.214. The van der Waals surface area contributed by atoms with Crippen LogP contribution < -0.4 is 5.32 Å². The molecule has 2 N–H and O–H groups in total. The highest BCUT2D eigenvalue weighted by atomic mass is 19.1. The van der Waals surface area contributed by atoms with Gasteiger partial charge in [-0.3, -0.25) is 14.8 Å². The Bertz CT molecular complexity index is 644. The Morgan fingerprint density at radius 3 is 3.13 bits per heavy atom. The molecule has 1 aromatic carbocycles. The van der Waals surface area contributed by atoms with Gasteiger partial charge in [-0.25, -0.2) is 4.39 Å². The van der Waals surface area contributed by atoms with E-state index >= 15 is 0 Å². The number of carbonyl (C=O) groups is 1. The van der Waals surface area contributed by atoms with Gasteiger partial charge in [0.15, 0.2) is 0 Å². The molecular weight excluding hydrogens is 295 g/mol. The number of aromatic nitrogens is 2.